The molecule has 1 aromatic rings. The molecule has 2 saturated heterocycles. The zero-order chi connectivity index (χ0) is 22.7. The summed E-state index contributed by atoms with van der Waals surface area (Å²) in [5.74, 6) is 1.97. The monoisotopic (exact) mass is 451 g/mol. The number of rotatable bonds is 6. The zero-order valence-electron chi connectivity index (χ0n) is 19.3. The van der Waals surface area contributed by atoms with Gasteiger partial charge in [0.15, 0.2) is 0 Å². The highest BCUT2D eigenvalue weighted by Gasteiger charge is 2.53. The predicted octanol–water partition coefficient (Wildman–Crippen LogP) is 2.70. The number of nitrogens with zero attached hydrogens (tertiary/aromatic N) is 2. The Morgan fingerprint density at radius 2 is 1.97 bits per heavy atom. The van der Waals surface area contributed by atoms with Crippen LogP contribution in [0.2, 0.25) is 0 Å². The standard InChI is InChI=1S/C26H33N3O4/c1-3-32-20-13-28(14-20)23-16-5-6-17(10-16)24(23)33-19-7-8-21-18(11-19)12-29(26(21)31)22-9-4-15(2)27-25(22)30/h7-8,11,16-17,20,22-24H,2-6,9-10,12-14H2,1H3,(H,27,30)/t16-,17+,22?,23+,24+/m0/s1. The molecule has 33 heavy (non-hydrogen) atoms. The number of hydrogen-bond donors (Lipinski definition) is 1. The topological polar surface area (TPSA) is 71.1 Å². The van der Waals surface area contributed by atoms with E-state index in [-0.39, 0.29) is 17.9 Å². The van der Waals surface area contributed by atoms with Crippen molar-refractivity contribution >= 4 is 11.8 Å². The summed E-state index contributed by atoms with van der Waals surface area (Å²) in [4.78, 5) is 29.7. The number of nitrogens with one attached hydrogen (secondary N) is 1. The second kappa shape index (κ2) is 8.13. The van der Waals surface area contributed by atoms with Crippen LogP contribution in [0.15, 0.2) is 30.5 Å². The molecular formula is C26H33N3O4. The lowest BCUT2D eigenvalue weighted by Gasteiger charge is -2.47. The summed E-state index contributed by atoms with van der Waals surface area (Å²) in [6.45, 7) is 9.14. The first-order valence-electron chi connectivity index (χ1n) is 12.5. The minimum atomic E-state index is -0.431. The van der Waals surface area contributed by atoms with Gasteiger partial charge in [-0.15, -0.1) is 0 Å². The number of likely N-dealkylation sites (tertiary alicyclic amines) is 1. The first kappa shape index (κ1) is 21.2. The number of hydrogen-bond acceptors (Lipinski definition) is 5. The van der Waals surface area contributed by atoms with Gasteiger partial charge in [0.25, 0.3) is 5.91 Å². The molecule has 7 heteroatoms. The molecule has 3 heterocycles. The molecule has 1 unspecified atom stereocenters. The van der Waals surface area contributed by atoms with Gasteiger partial charge in [0, 0.05) is 43.5 Å². The largest absolute Gasteiger partial charge is 0.488 e. The molecule has 0 spiro atoms. The Balaban J connectivity index is 1.16. The van der Waals surface area contributed by atoms with Crippen LogP contribution >= 0.6 is 0 Å². The molecule has 2 amide bonds. The van der Waals surface area contributed by atoms with Crippen LogP contribution in [0.4, 0.5) is 0 Å². The molecule has 0 aromatic heterocycles. The normalized spacial score (nSPS) is 33.9. The molecule has 6 rings (SSSR count). The number of benzene rings is 1. The number of ether oxygens (including phenoxy) is 2. The number of carbonyl (C=O) groups is 2. The van der Waals surface area contributed by atoms with Gasteiger partial charge in [-0.3, -0.25) is 14.5 Å². The van der Waals surface area contributed by atoms with Crippen LogP contribution in [0.1, 0.15) is 54.9 Å². The van der Waals surface area contributed by atoms with Crippen molar-refractivity contribution in [2.75, 3.05) is 19.7 Å². The highest BCUT2D eigenvalue weighted by atomic mass is 16.5. The quantitative estimate of drug-likeness (QED) is 0.720. The van der Waals surface area contributed by atoms with Crippen LogP contribution < -0.4 is 10.1 Å². The fourth-order valence-electron chi connectivity index (χ4n) is 6.80. The van der Waals surface area contributed by atoms with Crippen LogP contribution in [0, 0.1) is 11.8 Å². The summed E-state index contributed by atoms with van der Waals surface area (Å²) in [6, 6.07) is 5.87. The molecule has 2 saturated carbocycles. The lowest BCUT2D eigenvalue weighted by atomic mass is 9.89. The van der Waals surface area contributed by atoms with Crippen LogP contribution in [0.25, 0.3) is 0 Å². The lowest BCUT2D eigenvalue weighted by molar-refractivity contribution is -0.126. The van der Waals surface area contributed by atoms with Gasteiger partial charge in [0.1, 0.15) is 17.9 Å². The van der Waals surface area contributed by atoms with E-state index in [1.807, 2.05) is 18.2 Å². The molecule has 2 aliphatic carbocycles. The van der Waals surface area contributed by atoms with E-state index >= 15 is 0 Å². The molecule has 1 aromatic carbocycles. The van der Waals surface area contributed by atoms with Crippen LogP contribution in [0.5, 0.6) is 5.75 Å². The Labute approximate surface area is 195 Å². The average Bonchev–Trinajstić information content (AvgIpc) is 3.45. The van der Waals surface area contributed by atoms with Gasteiger partial charge in [-0.1, -0.05) is 6.58 Å². The van der Waals surface area contributed by atoms with Gasteiger partial charge >= 0.3 is 0 Å². The second-order valence-electron chi connectivity index (χ2n) is 10.3. The van der Waals surface area contributed by atoms with E-state index in [9.17, 15) is 9.59 Å². The molecule has 1 N–H and O–H groups in total. The minimum Gasteiger partial charge on any atom is -0.488 e. The van der Waals surface area contributed by atoms with Crippen molar-refractivity contribution in [2.24, 2.45) is 11.8 Å². The van der Waals surface area contributed by atoms with E-state index in [1.54, 1.807) is 4.90 Å². The number of carbonyl (C=O) groups excluding carboxylic acids is 2. The molecule has 5 atom stereocenters. The van der Waals surface area contributed by atoms with Gasteiger partial charge in [0.05, 0.1) is 6.10 Å². The molecule has 5 aliphatic rings. The fourth-order valence-corrected chi connectivity index (χ4v) is 6.80. The average molecular weight is 452 g/mol. The number of fused-ring (bicyclic) bond motifs is 3. The van der Waals surface area contributed by atoms with Gasteiger partial charge in [-0.25, -0.2) is 0 Å². The molecular weight excluding hydrogens is 418 g/mol. The third-order valence-corrected chi connectivity index (χ3v) is 8.38. The highest BCUT2D eigenvalue weighted by molar-refractivity contribution is 6.01. The maximum Gasteiger partial charge on any atom is 0.255 e. The summed E-state index contributed by atoms with van der Waals surface area (Å²) >= 11 is 0. The van der Waals surface area contributed by atoms with E-state index in [0.29, 0.717) is 48.9 Å². The van der Waals surface area contributed by atoms with E-state index in [0.717, 1.165) is 36.7 Å². The van der Waals surface area contributed by atoms with Crippen molar-refractivity contribution in [1.29, 1.82) is 0 Å². The second-order valence-corrected chi connectivity index (χ2v) is 10.3. The summed E-state index contributed by atoms with van der Waals surface area (Å²) in [5, 5.41) is 2.80. The van der Waals surface area contributed by atoms with Crippen molar-refractivity contribution < 1.29 is 19.1 Å². The van der Waals surface area contributed by atoms with Crippen molar-refractivity contribution in [3.8, 4) is 5.75 Å². The van der Waals surface area contributed by atoms with Gasteiger partial charge in [-0.05, 0) is 74.6 Å². The van der Waals surface area contributed by atoms with Gasteiger partial charge < -0.3 is 19.7 Å². The molecule has 0 radical (unpaired) electrons. The van der Waals surface area contributed by atoms with E-state index < -0.39 is 6.04 Å². The molecule has 7 nitrogen and oxygen atoms in total. The molecule has 3 aliphatic heterocycles. The highest BCUT2D eigenvalue weighted by Crippen LogP contribution is 2.49. The summed E-state index contributed by atoms with van der Waals surface area (Å²) < 4.78 is 12.4. The maximum absolute atomic E-state index is 13.0. The summed E-state index contributed by atoms with van der Waals surface area (Å²) in [5.41, 5.74) is 2.37. The van der Waals surface area contributed by atoms with Crippen LogP contribution in [-0.2, 0) is 16.1 Å². The number of piperidine rings is 1. The molecule has 176 valence electrons. The van der Waals surface area contributed by atoms with Crippen molar-refractivity contribution in [1.82, 2.24) is 15.1 Å². The fraction of sp³-hybridized carbons (Fsp3) is 0.615. The zero-order valence-corrected chi connectivity index (χ0v) is 19.3. The van der Waals surface area contributed by atoms with E-state index in [2.05, 4.69) is 23.7 Å². The van der Waals surface area contributed by atoms with Crippen molar-refractivity contribution in [3.63, 3.8) is 0 Å². The smallest absolute Gasteiger partial charge is 0.255 e. The first-order valence-corrected chi connectivity index (χ1v) is 12.5. The van der Waals surface area contributed by atoms with E-state index in [4.69, 9.17) is 9.47 Å². The third kappa shape index (κ3) is 3.56. The van der Waals surface area contributed by atoms with Gasteiger partial charge in [-0.2, -0.15) is 0 Å². The first-order chi connectivity index (χ1) is 16.0. The molecule has 4 fully saturated rings. The van der Waals surface area contributed by atoms with E-state index in [1.165, 1.54) is 19.3 Å². The lowest BCUT2D eigenvalue weighted by Crippen LogP contribution is -2.61. The Morgan fingerprint density at radius 3 is 2.76 bits per heavy atom. The van der Waals surface area contributed by atoms with Crippen molar-refractivity contribution in [2.45, 2.75) is 69.9 Å². The number of allylic oxidation sites excluding steroid dienone is 1. The van der Waals surface area contributed by atoms with Crippen molar-refractivity contribution in [3.05, 3.63) is 41.6 Å². The van der Waals surface area contributed by atoms with Gasteiger partial charge in [0.2, 0.25) is 5.91 Å². The van der Waals surface area contributed by atoms with Crippen LogP contribution in [-0.4, -0.2) is 65.6 Å². The Morgan fingerprint density at radius 1 is 1.15 bits per heavy atom. The maximum atomic E-state index is 13.0. The third-order valence-electron chi connectivity index (χ3n) is 8.38. The van der Waals surface area contributed by atoms with Crippen LogP contribution in [0.3, 0.4) is 0 Å². The SMILES string of the molecule is C=C1CCC(N2Cc3cc(O[C@@H]4[C@@H]5CC[C@@H](C5)[C@H]4N4CC(OCC)C4)ccc3C2=O)C(=O)N1. The predicted molar refractivity (Wildman–Crippen MR) is 123 cm³/mol. The number of amides is 2. The Hall–Kier alpha value is -2.38. The molecule has 2 bridgehead atoms. The Bertz CT molecular complexity index is 988. The Kier molecular flexibility index (Phi) is 5.22. The minimum absolute atomic E-state index is 0.0652. The summed E-state index contributed by atoms with van der Waals surface area (Å²) in [6.07, 6.45) is 5.69. The summed E-state index contributed by atoms with van der Waals surface area (Å²) in [7, 11) is 0.